The van der Waals surface area contributed by atoms with Crippen molar-refractivity contribution in [3.8, 4) is 5.69 Å². The van der Waals surface area contributed by atoms with Gasteiger partial charge in [-0.05, 0) is 32.4 Å². The molecule has 1 aromatic carbocycles. The van der Waals surface area contributed by atoms with Gasteiger partial charge in [0.25, 0.3) is 5.91 Å². The van der Waals surface area contributed by atoms with Crippen molar-refractivity contribution in [2.24, 2.45) is 5.73 Å². The number of nitrogens with zero attached hydrogens (tertiary/aromatic N) is 2. The molecule has 130 valence electrons. The normalized spacial score (nSPS) is 12.9. The van der Waals surface area contributed by atoms with E-state index in [1.54, 1.807) is 19.1 Å². The lowest BCUT2D eigenvalue weighted by atomic mass is 10.2. The van der Waals surface area contributed by atoms with Crippen molar-refractivity contribution in [1.82, 2.24) is 15.1 Å². The van der Waals surface area contributed by atoms with Gasteiger partial charge in [0.05, 0.1) is 17.4 Å². The highest BCUT2D eigenvalue weighted by atomic mass is 19.4. The van der Waals surface area contributed by atoms with E-state index in [1.807, 2.05) is 6.92 Å². The van der Waals surface area contributed by atoms with E-state index in [9.17, 15) is 18.0 Å². The minimum absolute atomic E-state index is 0.150. The summed E-state index contributed by atoms with van der Waals surface area (Å²) < 4.78 is 41.1. The van der Waals surface area contributed by atoms with Crippen LogP contribution >= 0.6 is 0 Å². The first kappa shape index (κ1) is 18.0. The number of nitrogens with two attached hydrogens (primary N) is 1. The number of rotatable bonds is 5. The van der Waals surface area contributed by atoms with Gasteiger partial charge < -0.3 is 11.1 Å². The predicted molar refractivity (Wildman–Crippen MR) is 83.9 cm³/mol. The zero-order valence-electron chi connectivity index (χ0n) is 13.4. The third-order valence-electron chi connectivity index (χ3n) is 3.45. The first-order valence-corrected chi connectivity index (χ1v) is 7.46. The number of hydrogen-bond donors (Lipinski definition) is 2. The number of benzene rings is 1. The largest absolute Gasteiger partial charge is 0.434 e. The fraction of sp³-hybridized carbons (Fsp3) is 0.375. The lowest BCUT2D eigenvalue weighted by molar-refractivity contribution is -0.143. The van der Waals surface area contributed by atoms with Crippen molar-refractivity contribution < 1.29 is 18.0 Å². The number of nitrogens with one attached hydrogen (secondary N) is 1. The molecule has 0 saturated heterocycles. The van der Waals surface area contributed by atoms with Gasteiger partial charge in [0, 0.05) is 12.6 Å². The molecule has 0 spiro atoms. The average molecular weight is 340 g/mol. The molecule has 1 atom stereocenters. The quantitative estimate of drug-likeness (QED) is 0.879. The van der Waals surface area contributed by atoms with E-state index < -0.39 is 23.3 Å². The van der Waals surface area contributed by atoms with Crippen molar-refractivity contribution in [3.63, 3.8) is 0 Å². The fourth-order valence-corrected chi connectivity index (χ4v) is 2.18. The molecule has 0 saturated carbocycles. The smallest absolute Gasteiger partial charge is 0.352 e. The highest BCUT2D eigenvalue weighted by Crippen LogP contribution is 2.33. The van der Waals surface area contributed by atoms with Crippen LogP contribution in [0.25, 0.3) is 5.69 Å². The van der Waals surface area contributed by atoms with E-state index in [0.29, 0.717) is 6.42 Å². The molecule has 0 radical (unpaired) electrons. The maximum absolute atomic E-state index is 13.5. The van der Waals surface area contributed by atoms with E-state index in [0.717, 1.165) is 16.4 Å². The number of halogens is 3. The molecule has 0 aliphatic carbocycles. The Morgan fingerprint density at radius 2 is 1.96 bits per heavy atom. The first-order valence-electron chi connectivity index (χ1n) is 7.46. The van der Waals surface area contributed by atoms with Gasteiger partial charge in [-0.1, -0.05) is 17.7 Å². The second-order valence-corrected chi connectivity index (χ2v) is 5.67. The van der Waals surface area contributed by atoms with Crippen LogP contribution in [0.2, 0.25) is 0 Å². The number of aromatic nitrogens is 2. The highest BCUT2D eigenvalue weighted by molar-refractivity contribution is 5.95. The summed E-state index contributed by atoms with van der Waals surface area (Å²) in [4.78, 5) is 12.1. The topological polar surface area (TPSA) is 72.9 Å². The molecule has 0 aliphatic rings. The summed E-state index contributed by atoms with van der Waals surface area (Å²) in [5, 5.41) is 6.20. The number of hydrogen-bond acceptors (Lipinski definition) is 3. The molecule has 8 heteroatoms. The molecule has 1 unspecified atom stereocenters. The molecule has 2 rings (SSSR count). The van der Waals surface area contributed by atoms with E-state index in [-0.39, 0.29) is 18.3 Å². The third-order valence-corrected chi connectivity index (χ3v) is 3.45. The van der Waals surface area contributed by atoms with Crippen LogP contribution in [0.15, 0.2) is 30.5 Å². The van der Waals surface area contributed by atoms with Crippen LogP contribution in [-0.2, 0) is 6.18 Å². The van der Waals surface area contributed by atoms with Gasteiger partial charge in [0.15, 0.2) is 5.69 Å². The summed E-state index contributed by atoms with van der Waals surface area (Å²) in [7, 11) is 0. The molecule has 0 aliphatic heterocycles. The zero-order valence-corrected chi connectivity index (χ0v) is 13.4. The van der Waals surface area contributed by atoms with Gasteiger partial charge in [-0.3, -0.25) is 4.79 Å². The van der Waals surface area contributed by atoms with Crippen molar-refractivity contribution in [1.29, 1.82) is 0 Å². The molecular formula is C16H19F3N4O. The minimum atomic E-state index is -4.71. The number of aryl methyl sites for hydroxylation is 1. The monoisotopic (exact) mass is 340 g/mol. The molecule has 1 heterocycles. The van der Waals surface area contributed by atoms with Gasteiger partial charge in [-0.25, -0.2) is 4.68 Å². The molecular weight excluding hydrogens is 321 g/mol. The van der Waals surface area contributed by atoms with E-state index in [2.05, 4.69) is 10.4 Å². The Morgan fingerprint density at radius 1 is 1.33 bits per heavy atom. The van der Waals surface area contributed by atoms with Gasteiger partial charge >= 0.3 is 6.18 Å². The lowest BCUT2D eigenvalue weighted by Gasteiger charge is -2.13. The first-order chi connectivity index (χ1) is 11.2. The highest BCUT2D eigenvalue weighted by Gasteiger charge is 2.40. The van der Waals surface area contributed by atoms with Crippen LogP contribution < -0.4 is 11.1 Å². The van der Waals surface area contributed by atoms with Crippen molar-refractivity contribution >= 4 is 5.91 Å². The van der Waals surface area contributed by atoms with Gasteiger partial charge in [-0.2, -0.15) is 18.3 Å². The Labute approximate surface area is 137 Å². The van der Waals surface area contributed by atoms with E-state index in [4.69, 9.17) is 5.73 Å². The second-order valence-electron chi connectivity index (χ2n) is 5.67. The summed E-state index contributed by atoms with van der Waals surface area (Å²) in [6, 6.07) is 6.26. The van der Waals surface area contributed by atoms with Crippen molar-refractivity contribution in [2.45, 2.75) is 32.5 Å². The van der Waals surface area contributed by atoms with E-state index >= 15 is 0 Å². The maximum atomic E-state index is 13.5. The standard InChI is InChI=1S/C16H19F3N4O/c1-10-3-5-12(6-4-10)23-14(16(17,18)19)13(9-22-23)15(24)21-8-7-11(2)20/h3-6,9,11H,7-8,20H2,1-2H3,(H,21,24). The average Bonchev–Trinajstić information content (AvgIpc) is 2.92. The SMILES string of the molecule is Cc1ccc(-n2ncc(C(=O)NCCC(C)N)c2C(F)(F)F)cc1. The summed E-state index contributed by atoms with van der Waals surface area (Å²) in [6.45, 7) is 3.78. The van der Waals surface area contributed by atoms with Crippen LogP contribution in [0.1, 0.15) is 35.0 Å². The van der Waals surface area contributed by atoms with Crippen molar-refractivity contribution in [3.05, 3.63) is 47.3 Å². The summed E-state index contributed by atoms with van der Waals surface area (Å²) >= 11 is 0. The molecule has 1 amide bonds. The van der Waals surface area contributed by atoms with Gasteiger partial charge in [-0.15, -0.1) is 0 Å². The van der Waals surface area contributed by atoms with Crippen LogP contribution in [-0.4, -0.2) is 28.3 Å². The predicted octanol–water partition coefficient (Wildman–Crippen LogP) is 2.67. The molecule has 5 nitrogen and oxygen atoms in total. The molecule has 0 fully saturated rings. The van der Waals surface area contributed by atoms with Gasteiger partial charge in [0.2, 0.25) is 0 Å². The lowest BCUT2D eigenvalue weighted by Crippen LogP contribution is -2.30. The Hall–Kier alpha value is -2.35. The Morgan fingerprint density at radius 3 is 2.50 bits per heavy atom. The van der Waals surface area contributed by atoms with Crippen molar-refractivity contribution in [2.75, 3.05) is 6.54 Å². The number of alkyl halides is 3. The van der Waals surface area contributed by atoms with Crippen LogP contribution in [0.5, 0.6) is 0 Å². The number of carbonyl (C=O) groups is 1. The summed E-state index contributed by atoms with van der Waals surface area (Å²) in [5.74, 6) is -0.818. The van der Waals surface area contributed by atoms with Gasteiger partial charge in [0.1, 0.15) is 0 Å². The number of amides is 1. The summed E-state index contributed by atoms with van der Waals surface area (Å²) in [5.41, 5.74) is 5.11. The van der Waals surface area contributed by atoms with E-state index in [1.165, 1.54) is 12.1 Å². The minimum Gasteiger partial charge on any atom is -0.352 e. The Bertz CT molecular complexity index is 705. The molecule has 0 bridgehead atoms. The third kappa shape index (κ3) is 4.14. The zero-order chi connectivity index (χ0) is 17.9. The maximum Gasteiger partial charge on any atom is 0.434 e. The summed E-state index contributed by atoms with van der Waals surface area (Å²) in [6.07, 6.45) is -3.31. The number of carbonyl (C=O) groups excluding carboxylic acids is 1. The molecule has 2 aromatic rings. The Kier molecular flexibility index (Phi) is 5.28. The molecule has 3 N–H and O–H groups in total. The molecule has 24 heavy (non-hydrogen) atoms. The molecule has 1 aromatic heterocycles. The Balaban J connectivity index is 2.36. The fourth-order valence-electron chi connectivity index (χ4n) is 2.18. The second kappa shape index (κ2) is 7.04. The van der Waals surface area contributed by atoms with Crippen LogP contribution in [0.3, 0.4) is 0 Å². The van der Waals surface area contributed by atoms with Crippen LogP contribution in [0.4, 0.5) is 13.2 Å². The van der Waals surface area contributed by atoms with Crippen LogP contribution in [0, 0.1) is 6.92 Å².